The van der Waals surface area contributed by atoms with Gasteiger partial charge in [0.15, 0.2) is 0 Å². The van der Waals surface area contributed by atoms with Gasteiger partial charge >= 0.3 is 0 Å². The van der Waals surface area contributed by atoms with Crippen LogP contribution in [0.3, 0.4) is 0 Å². The van der Waals surface area contributed by atoms with Crippen molar-refractivity contribution in [2.75, 3.05) is 0 Å². The van der Waals surface area contributed by atoms with Gasteiger partial charge in [0.2, 0.25) is 0 Å². The summed E-state index contributed by atoms with van der Waals surface area (Å²) < 4.78 is 1.86. The highest BCUT2D eigenvalue weighted by molar-refractivity contribution is 5.77. The van der Waals surface area contributed by atoms with Crippen molar-refractivity contribution in [1.82, 2.24) is 9.78 Å². The van der Waals surface area contributed by atoms with Crippen molar-refractivity contribution >= 4 is 5.78 Å². The van der Waals surface area contributed by atoms with Crippen molar-refractivity contribution < 1.29 is 4.79 Å². The number of nitrogens with zero attached hydrogens (tertiary/aromatic N) is 2. The largest absolute Gasteiger partial charge is 0.300 e. The van der Waals surface area contributed by atoms with Gasteiger partial charge in [-0.3, -0.25) is 9.48 Å². The summed E-state index contributed by atoms with van der Waals surface area (Å²) in [5, 5.41) is 4.13. The molecule has 0 saturated carbocycles. The van der Waals surface area contributed by atoms with Crippen LogP contribution >= 0.6 is 0 Å². The number of carbonyl (C=O) groups is 1. The molecule has 1 heterocycles. The summed E-state index contributed by atoms with van der Waals surface area (Å²) in [5.74, 6) is 0.179. The maximum Gasteiger partial charge on any atom is 0.134 e. The second-order valence-electron chi connectivity index (χ2n) is 3.30. The zero-order valence-electron chi connectivity index (χ0n) is 7.74. The molecule has 0 spiro atoms. The molecule has 0 fully saturated rings. The maximum absolute atomic E-state index is 10.8. The van der Waals surface area contributed by atoms with E-state index in [-0.39, 0.29) is 5.78 Å². The molecule has 0 aliphatic carbocycles. The van der Waals surface area contributed by atoms with Gasteiger partial charge in [-0.05, 0) is 26.3 Å². The van der Waals surface area contributed by atoms with E-state index in [2.05, 4.69) is 18.9 Å². The summed E-state index contributed by atoms with van der Waals surface area (Å²) in [5.41, 5.74) is 0.996. The monoisotopic (exact) mass is 166 g/mol. The SMILES string of the molecule is CC(=O)Cc1cnn(C(C)C)c1. The fraction of sp³-hybridized carbons (Fsp3) is 0.556. The molecular formula is C9H14N2O. The molecule has 3 heteroatoms. The lowest BCUT2D eigenvalue weighted by Crippen LogP contribution is -2.00. The van der Waals surface area contributed by atoms with Crippen LogP contribution in [-0.2, 0) is 11.2 Å². The van der Waals surface area contributed by atoms with E-state index in [1.165, 1.54) is 0 Å². The third-order valence-corrected chi connectivity index (χ3v) is 1.64. The minimum atomic E-state index is 0.179. The Balaban J connectivity index is 2.70. The van der Waals surface area contributed by atoms with Crippen molar-refractivity contribution in [1.29, 1.82) is 0 Å². The van der Waals surface area contributed by atoms with Gasteiger partial charge in [-0.1, -0.05) is 0 Å². The van der Waals surface area contributed by atoms with Crippen LogP contribution in [0.4, 0.5) is 0 Å². The average molecular weight is 166 g/mol. The molecule has 0 amide bonds. The lowest BCUT2D eigenvalue weighted by Gasteiger charge is -2.02. The van der Waals surface area contributed by atoms with E-state index in [1.807, 2.05) is 10.9 Å². The maximum atomic E-state index is 10.8. The quantitative estimate of drug-likeness (QED) is 0.683. The van der Waals surface area contributed by atoms with Crippen LogP contribution in [0.2, 0.25) is 0 Å². The summed E-state index contributed by atoms with van der Waals surface area (Å²) in [6.07, 6.45) is 4.17. The molecule has 0 radical (unpaired) electrons. The lowest BCUT2D eigenvalue weighted by molar-refractivity contribution is -0.116. The highest BCUT2D eigenvalue weighted by atomic mass is 16.1. The Bertz CT molecular complexity index is 276. The highest BCUT2D eigenvalue weighted by Gasteiger charge is 2.02. The number of ketones is 1. The Labute approximate surface area is 72.4 Å². The molecule has 3 nitrogen and oxygen atoms in total. The Hall–Kier alpha value is -1.12. The van der Waals surface area contributed by atoms with E-state index < -0.39 is 0 Å². The summed E-state index contributed by atoms with van der Waals surface area (Å²) in [7, 11) is 0. The van der Waals surface area contributed by atoms with Gasteiger partial charge in [-0.15, -0.1) is 0 Å². The summed E-state index contributed by atoms with van der Waals surface area (Å²) in [6.45, 7) is 5.71. The standard InChI is InChI=1S/C9H14N2O/c1-7(2)11-6-9(5-10-11)4-8(3)12/h5-7H,4H2,1-3H3. The van der Waals surface area contributed by atoms with Crippen molar-refractivity contribution in [3.8, 4) is 0 Å². The number of hydrogen-bond acceptors (Lipinski definition) is 2. The van der Waals surface area contributed by atoms with Crippen molar-refractivity contribution in [2.24, 2.45) is 0 Å². The Morgan fingerprint density at radius 1 is 1.67 bits per heavy atom. The van der Waals surface area contributed by atoms with Crippen molar-refractivity contribution in [3.63, 3.8) is 0 Å². The molecule has 0 aliphatic rings. The predicted octanol–water partition coefficient (Wildman–Crippen LogP) is 1.60. The molecule has 12 heavy (non-hydrogen) atoms. The fourth-order valence-electron chi connectivity index (χ4n) is 1.04. The zero-order valence-corrected chi connectivity index (χ0v) is 7.74. The van der Waals surface area contributed by atoms with Crippen LogP contribution < -0.4 is 0 Å². The molecule has 0 unspecified atom stereocenters. The van der Waals surface area contributed by atoms with Gasteiger partial charge in [0.05, 0.1) is 6.20 Å². The lowest BCUT2D eigenvalue weighted by atomic mass is 10.2. The molecule has 1 rings (SSSR count). The first kappa shape index (κ1) is 8.97. The van der Waals surface area contributed by atoms with E-state index in [4.69, 9.17) is 0 Å². The molecule has 0 atom stereocenters. The summed E-state index contributed by atoms with van der Waals surface area (Å²) in [6, 6.07) is 0.366. The fourth-order valence-corrected chi connectivity index (χ4v) is 1.04. The van der Waals surface area contributed by atoms with Crippen LogP contribution in [0.5, 0.6) is 0 Å². The van der Waals surface area contributed by atoms with E-state index in [0.29, 0.717) is 12.5 Å². The van der Waals surface area contributed by atoms with Gasteiger partial charge in [-0.2, -0.15) is 5.10 Å². The third kappa shape index (κ3) is 2.19. The molecule has 0 saturated heterocycles. The smallest absolute Gasteiger partial charge is 0.134 e. The second kappa shape index (κ2) is 3.52. The van der Waals surface area contributed by atoms with Gasteiger partial charge in [0.1, 0.15) is 5.78 Å². The van der Waals surface area contributed by atoms with Crippen molar-refractivity contribution in [2.45, 2.75) is 33.2 Å². The zero-order chi connectivity index (χ0) is 9.14. The van der Waals surface area contributed by atoms with E-state index >= 15 is 0 Å². The highest BCUT2D eigenvalue weighted by Crippen LogP contribution is 2.05. The third-order valence-electron chi connectivity index (χ3n) is 1.64. The molecule has 1 aromatic heterocycles. The molecule has 1 aromatic rings. The van der Waals surface area contributed by atoms with Crippen LogP contribution in [0.25, 0.3) is 0 Å². The molecule has 66 valence electrons. The minimum Gasteiger partial charge on any atom is -0.300 e. The first-order valence-electron chi connectivity index (χ1n) is 4.12. The number of carbonyl (C=O) groups excluding carboxylic acids is 1. The predicted molar refractivity (Wildman–Crippen MR) is 47.0 cm³/mol. The summed E-state index contributed by atoms with van der Waals surface area (Å²) in [4.78, 5) is 10.8. The summed E-state index contributed by atoms with van der Waals surface area (Å²) >= 11 is 0. The molecule has 0 aromatic carbocycles. The minimum absolute atomic E-state index is 0.179. The number of Topliss-reactive ketones (excluding diaryl/α,β-unsaturated/α-hetero) is 1. The normalized spacial score (nSPS) is 10.7. The van der Waals surface area contributed by atoms with Crippen molar-refractivity contribution in [3.05, 3.63) is 18.0 Å². The van der Waals surface area contributed by atoms with Gasteiger partial charge < -0.3 is 0 Å². The average Bonchev–Trinajstić information content (AvgIpc) is 2.34. The van der Waals surface area contributed by atoms with E-state index in [1.54, 1.807) is 13.1 Å². The van der Waals surface area contributed by atoms with E-state index in [0.717, 1.165) is 5.56 Å². The molecular weight excluding hydrogens is 152 g/mol. The number of aromatic nitrogens is 2. The van der Waals surface area contributed by atoms with Gasteiger partial charge in [0.25, 0.3) is 0 Å². The van der Waals surface area contributed by atoms with Crippen LogP contribution in [0, 0.1) is 0 Å². The Morgan fingerprint density at radius 3 is 2.75 bits per heavy atom. The molecule has 0 aliphatic heterocycles. The Kier molecular flexibility index (Phi) is 2.63. The first-order chi connectivity index (χ1) is 5.59. The van der Waals surface area contributed by atoms with Gasteiger partial charge in [-0.25, -0.2) is 0 Å². The van der Waals surface area contributed by atoms with Crippen LogP contribution in [0.1, 0.15) is 32.4 Å². The van der Waals surface area contributed by atoms with Gasteiger partial charge in [0, 0.05) is 18.7 Å². The topological polar surface area (TPSA) is 34.9 Å². The number of rotatable bonds is 3. The number of hydrogen-bond donors (Lipinski definition) is 0. The molecule has 0 N–H and O–H groups in total. The Morgan fingerprint density at radius 2 is 2.33 bits per heavy atom. The van der Waals surface area contributed by atoms with Crippen LogP contribution in [-0.4, -0.2) is 15.6 Å². The van der Waals surface area contributed by atoms with E-state index in [9.17, 15) is 4.79 Å². The molecule has 0 bridgehead atoms. The first-order valence-corrected chi connectivity index (χ1v) is 4.12. The van der Waals surface area contributed by atoms with Crippen LogP contribution in [0.15, 0.2) is 12.4 Å². The second-order valence-corrected chi connectivity index (χ2v) is 3.30.